The molecule has 13 heteroatoms. The van der Waals surface area contributed by atoms with Crippen molar-refractivity contribution in [2.75, 3.05) is 36.4 Å². The highest BCUT2D eigenvalue weighted by Crippen LogP contribution is 2.31. The van der Waals surface area contributed by atoms with E-state index in [1.807, 2.05) is 31.2 Å². The zero-order valence-corrected chi connectivity index (χ0v) is 22.0. The Hall–Kier alpha value is -5.20. The van der Waals surface area contributed by atoms with Crippen molar-refractivity contribution in [3.05, 3.63) is 73.5 Å². The number of aryl methyl sites for hydroxylation is 1. The number of benzene rings is 1. The molecule has 0 atom stereocenters. The van der Waals surface area contributed by atoms with Gasteiger partial charge in [0.05, 0.1) is 11.7 Å². The van der Waals surface area contributed by atoms with Crippen LogP contribution in [0.4, 0.5) is 26.1 Å². The number of anilines is 3. The van der Waals surface area contributed by atoms with E-state index in [2.05, 4.69) is 36.7 Å². The van der Waals surface area contributed by atoms with Crippen molar-refractivity contribution in [1.29, 1.82) is 0 Å². The SMILES string of the molecule is C=CC(=O)N1CCN(c2ccc3ncnc(Nc4ccc(Oc5cnc6c(c5)ncn6C(F)F)c(C)c4)c3n2)CC1. The van der Waals surface area contributed by atoms with Crippen LogP contribution in [0.5, 0.6) is 11.5 Å². The molecule has 1 aliphatic rings. The Morgan fingerprint density at radius 1 is 1.05 bits per heavy atom. The minimum absolute atomic E-state index is 0.0676. The molecule has 0 unspecified atom stereocenters. The highest BCUT2D eigenvalue weighted by molar-refractivity contribution is 5.89. The van der Waals surface area contributed by atoms with Crippen molar-refractivity contribution < 1.29 is 18.3 Å². The van der Waals surface area contributed by atoms with Crippen LogP contribution in [-0.4, -0.2) is 66.5 Å². The summed E-state index contributed by atoms with van der Waals surface area (Å²) in [6.45, 7) is 5.24. The highest BCUT2D eigenvalue weighted by atomic mass is 19.3. The minimum Gasteiger partial charge on any atom is -0.455 e. The Kier molecular flexibility index (Phi) is 6.83. The first-order chi connectivity index (χ1) is 19.9. The lowest BCUT2D eigenvalue weighted by atomic mass is 10.2. The summed E-state index contributed by atoms with van der Waals surface area (Å²) in [5.41, 5.74) is 3.31. The van der Waals surface area contributed by atoms with E-state index in [0.29, 0.717) is 64.6 Å². The van der Waals surface area contributed by atoms with Crippen molar-refractivity contribution in [2.45, 2.75) is 13.5 Å². The number of imidazole rings is 1. The lowest BCUT2D eigenvalue weighted by Crippen LogP contribution is -2.48. The third kappa shape index (κ3) is 5.21. The molecular formula is C28H25F2N9O2. The maximum atomic E-state index is 13.1. The number of hydrogen-bond acceptors (Lipinski definition) is 9. The number of nitrogens with one attached hydrogen (secondary N) is 1. The van der Waals surface area contributed by atoms with Gasteiger partial charge in [0, 0.05) is 37.9 Å². The molecule has 0 saturated carbocycles. The van der Waals surface area contributed by atoms with Gasteiger partial charge >= 0.3 is 6.55 Å². The van der Waals surface area contributed by atoms with E-state index in [1.165, 1.54) is 18.6 Å². The molecule has 1 amide bonds. The van der Waals surface area contributed by atoms with Crippen LogP contribution in [0, 0.1) is 6.92 Å². The number of amides is 1. The van der Waals surface area contributed by atoms with Gasteiger partial charge in [-0.05, 0) is 48.9 Å². The average molecular weight is 558 g/mol. The summed E-state index contributed by atoms with van der Waals surface area (Å²) in [5.74, 6) is 2.22. The number of rotatable bonds is 7. The Labute approximate surface area is 233 Å². The molecule has 4 aromatic heterocycles. The maximum Gasteiger partial charge on any atom is 0.321 e. The van der Waals surface area contributed by atoms with Crippen LogP contribution in [-0.2, 0) is 4.79 Å². The first kappa shape index (κ1) is 26.0. The molecule has 0 bridgehead atoms. The Balaban J connectivity index is 1.19. The first-order valence-electron chi connectivity index (χ1n) is 12.8. The van der Waals surface area contributed by atoms with Crippen LogP contribution in [0.2, 0.25) is 0 Å². The second kappa shape index (κ2) is 10.8. The summed E-state index contributed by atoms with van der Waals surface area (Å²) in [4.78, 5) is 37.5. The fraction of sp³-hybridized carbons (Fsp3) is 0.214. The number of carbonyl (C=O) groups is 1. The third-order valence-corrected chi connectivity index (χ3v) is 6.82. The number of alkyl halides is 2. The highest BCUT2D eigenvalue weighted by Gasteiger charge is 2.21. The zero-order chi connectivity index (χ0) is 28.5. The van der Waals surface area contributed by atoms with Crippen LogP contribution < -0.4 is 15.0 Å². The van der Waals surface area contributed by atoms with E-state index in [9.17, 15) is 13.6 Å². The van der Waals surface area contributed by atoms with E-state index in [4.69, 9.17) is 9.72 Å². The standard InChI is InChI=1S/C28H25F2N9O2/c1-3-24(40)38-10-8-37(9-11-38)23-7-5-20-25(36-23)26(33-15-32-20)35-18-4-6-22(17(2)12-18)41-19-13-21-27(31-14-19)39(16-34-21)28(29)30/h3-7,12-16,28H,1,8-11H2,2H3,(H,32,33,35). The van der Waals surface area contributed by atoms with Gasteiger partial charge in [-0.25, -0.2) is 24.9 Å². The molecule has 11 nitrogen and oxygen atoms in total. The number of carbonyl (C=O) groups excluding carboxylic acids is 1. The van der Waals surface area contributed by atoms with Crippen molar-refractivity contribution >= 4 is 45.4 Å². The van der Waals surface area contributed by atoms with E-state index < -0.39 is 6.55 Å². The maximum absolute atomic E-state index is 13.1. The molecule has 41 heavy (non-hydrogen) atoms. The smallest absolute Gasteiger partial charge is 0.321 e. The summed E-state index contributed by atoms with van der Waals surface area (Å²) in [6.07, 6.45) is 5.26. The topological polar surface area (TPSA) is 114 Å². The van der Waals surface area contributed by atoms with Gasteiger partial charge in [-0.3, -0.25) is 9.36 Å². The summed E-state index contributed by atoms with van der Waals surface area (Å²) < 4.78 is 32.8. The van der Waals surface area contributed by atoms with Gasteiger partial charge in [0.25, 0.3) is 0 Å². The summed E-state index contributed by atoms with van der Waals surface area (Å²) in [7, 11) is 0. The number of ether oxygens (including phenoxy) is 1. The molecule has 208 valence electrons. The van der Waals surface area contributed by atoms with E-state index in [1.54, 1.807) is 17.0 Å². The minimum atomic E-state index is -2.72. The first-order valence-corrected chi connectivity index (χ1v) is 12.8. The number of fused-ring (bicyclic) bond motifs is 2. The number of halogens is 2. The fourth-order valence-corrected chi connectivity index (χ4v) is 4.69. The third-order valence-electron chi connectivity index (χ3n) is 6.82. The Bertz CT molecular complexity index is 1770. The van der Waals surface area contributed by atoms with Crippen molar-refractivity contribution in [1.82, 2.24) is 34.4 Å². The number of piperazine rings is 1. The van der Waals surface area contributed by atoms with Gasteiger partial charge in [0.2, 0.25) is 5.91 Å². The molecule has 0 spiro atoms. The van der Waals surface area contributed by atoms with Gasteiger partial charge < -0.3 is 19.9 Å². The van der Waals surface area contributed by atoms with E-state index in [-0.39, 0.29) is 11.6 Å². The summed E-state index contributed by atoms with van der Waals surface area (Å²) in [6, 6.07) is 10.9. The van der Waals surface area contributed by atoms with E-state index >= 15 is 0 Å². The van der Waals surface area contributed by atoms with Crippen LogP contribution >= 0.6 is 0 Å². The molecule has 0 radical (unpaired) electrons. The predicted octanol–water partition coefficient (Wildman–Crippen LogP) is 4.84. The zero-order valence-electron chi connectivity index (χ0n) is 22.0. The molecule has 1 saturated heterocycles. The molecule has 0 aliphatic carbocycles. The lowest BCUT2D eigenvalue weighted by molar-refractivity contribution is -0.126. The normalized spacial score (nSPS) is 13.7. The molecule has 1 N–H and O–H groups in total. The second-order valence-corrected chi connectivity index (χ2v) is 9.43. The van der Waals surface area contributed by atoms with Crippen LogP contribution in [0.1, 0.15) is 12.1 Å². The van der Waals surface area contributed by atoms with Crippen LogP contribution in [0.15, 0.2) is 67.9 Å². The van der Waals surface area contributed by atoms with Crippen molar-refractivity contribution in [3.63, 3.8) is 0 Å². The fourth-order valence-electron chi connectivity index (χ4n) is 4.69. The number of hydrogen-bond donors (Lipinski definition) is 1. The van der Waals surface area contributed by atoms with Gasteiger partial charge in [0.1, 0.15) is 41.0 Å². The molecular weight excluding hydrogens is 532 g/mol. The summed E-state index contributed by atoms with van der Waals surface area (Å²) in [5, 5.41) is 3.33. The van der Waals surface area contributed by atoms with Gasteiger partial charge in [0.15, 0.2) is 11.5 Å². The largest absolute Gasteiger partial charge is 0.455 e. The summed E-state index contributed by atoms with van der Waals surface area (Å²) >= 11 is 0. The molecule has 5 heterocycles. The number of aromatic nitrogens is 6. The van der Waals surface area contributed by atoms with Gasteiger partial charge in [-0.2, -0.15) is 8.78 Å². The van der Waals surface area contributed by atoms with Crippen molar-refractivity contribution in [2.24, 2.45) is 0 Å². The van der Waals surface area contributed by atoms with Gasteiger partial charge in [-0.15, -0.1) is 0 Å². The Morgan fingerprint density at radius 2 is 1.88 bits per heavy atom. The average Bonchev–Trinajstić information content (AvgIpc) is 3.42. The monoisotopic (exact) mass is 557 g/mol. The second-order valence-electron chi connectivity index (χ2n) is 9.43. The molecule has 5 aromatic rings. The van der Waals surface area contributed by atoms with Gasteiger partial charge in [-0.1, -0.05) is 6.58 Å². The predicted molar refractivity (Wildman–Crippen MR) is 150 cm³/mol. The molecule has 1 aromatic carbocycles. The number of nitrogens with zero attached hydrogens (tertiary/aromatic N) is 8. The van der Waals surface area contributed by atoms with E-state index in [0.717, 1.165) is 23.4 Å². The lowest BCUT2D eigenvalue weighted by Gasteiger charge is -2.35. The molecule has 1 aliphatic heterocycles. The van der Waals surface area contributed by atoms with Crippen LogP contribution in [0.3, 0.4) is 0 Å². The van der Waals surface area contributed by atoms with Crippen LogP contribution in [0.25, 0.3) is 22.2 Å². The van der Waals surface area contributed by atoms with Crippen molar-refractivity contribution in [3.8, 4) is 11.5 Å². The number of pyridine rings is 2. The molecule has 6 rings (SSSR count). The Morgan fingerprint density at radius 3 is 2.63 bits per heavy atom. The molecule has 1 fully saturated rings. The quantitative estimate of drug-likeness (QED) is 0.281.